The highest BCUT2D eigenvalue weighted by atomic mass is 16.5. The lowest BCUT2D eigenvalue weighted by molar-refractivity contribution is -0.129. The Bertz CT molecular complexity index is 575. The molecule has 1 aliphatic heterocycles. The van der Waals surface area contributed by atoms with Crippen LogP contribution in [0.15, 0.2) is 24.3 Å². The fourth-order valence-electron chi connectivity index (χ4n) is 2.95. The topological polar surface area (TPSA) is 70.1 Å². The van der Waals surface area contributed by atoms with Gasteiger partial charge in [-0.2, -0.15) is 0 Å². The number of carbonyl (C=O) groups is 2. The van der Waals surface area contributed by atoms with E-state index in [0.29, 0.717) is 12.6 Å². The SMILES string of the molecule is CO[C@H]1C[C@@H](CN(C)C(=O)Cc2cccc(C(=O)O)c2)N(C)C1. The van der Waals surface area contributed by atoms with E-state index in [2.05, 4.69) is 4.90 Å². The molecule has 6 nitrogen and oxygen atoms in total. The number of hydrogen-bond acceptors (Lipinski definition) is 4. The van der Waals surface area contributed by atoms with Crippen LogP contribution in [0.1, 0.15) is 22.3 Å². The van der Waals surface area contributed by atoms with Crippen molar-refractivity contribution in [3.05, 3.63) is 35.4 Å². The van der Waals surface area contributed by atoms with Crippen molar-refractivity contribution in [3.63, 3.8) is 0 Å². The lowest BCUT2D eigenvalue weighted by Crippen LogP contribution is -2.40. The molecule has 0 radical (unpaired) electrons. The van der Waals surface area contributed by atoms with Crippen molar-refractivity contribution < 1.29 is 19.4 Å². The van der Waals surface area contributed by atoms with Crippen LogP contribution in [0.25, 0.3) is 0 Å². The molecule has 2 atom stereocenters. The van der Waals surface area contributed by atoms with Crippen molar-refractivity contribution >= 4 is 11.9 Å². The maximum Gasteiger partial charge on any atom is 0.335 e. The zero-order chi connectivity index (χ0) is 17.0. The highest BCUT2D eigenvalue weighted by molar-refractivity contribution is 5.88. The smallest absolute Gasteiger partial charge is 0.335 e. The molecule has 1 saturated heterocycles. The molecule has 23 heavy (non-hydrogen) atoms. The van der Waals surface area contributed by atoms with E-state index in [1.54, 1.807) is 37.3 Å². The number of likely N-dealkylation sites (N-methyl/N-ethyl adjacent to an activating group) is 2. The first-order valence-electron chi connectivity index (χ1n) is 7.70. The Morgan fingerprint density at radius 1 is 1.43 bits per heavy atom. The van der Waals surface area contributed by atoms with E-state index in [4.69, 9.17) is 9.84 Å². The van der Waals surface area contributed by atoms with Crippen LogP contribution in [0, 0.1) is 0 Å². The molecule has 1 fully saturated rings. The van der Waals surface area contributed by atoms with E-state index in [1.807, 2.05) is 7.05 Å². The molecule has 1 aromatic rings. The third-order valence-corrected chi connectivity index (χ3v) is 4.42. The molecule has 126 valence electrons. The van der Waals surface area contributed by atoms with Crippen molar-refractivity contribution in [1.29, 1.82) is 0 Å². The largest absolute Gasteiger partial charge is 0.478 e. The van der Waals surface area contributed by atoms with Gasteiger partial charge in [0.2, 0.25) is 5.91 Å². The maximum absolute atomic E-state index is 12.4. The van der Waals surface area contributed by atoms with E-state index in [-0.39, 0.29) is 24.0 Å². The van der Waals surface area contributed by atoms with E-state index in [0.717, 1.165) is 18.5 Å². The molecule has 0 saturated carbocycles. The first kappa shape index (κ1) is 17.4. The molecule has 0 aliphatic carbocycles. The van der Waals surface area contributed by atoms with Crippen LogP contribution in [0.5, 0.6) is 0 Å². The van der Waals surface area contributed by atoms with Gasteiger partial charge >= 0.3 is 5.97 Å². The van der Waals surface area contributed by atoms with Crippen molar-refractivity contribution in [3.8, 4) is 0 Å². The minimum absolute atomic E-state index is 0.0122. The Kier molecular flexibility index (Phi) is 5.74. The van der Waals surface area contributed by atoms with E-state index in [9.17, 15) is 9.59 Å². The summed E-state index contributed by atoms with van der Waals surface area (Å²) in [6.07, 6.45) is 1.35. The number of likely N-dealkylation sites (tertiary alicyclic amines) is 1. The maximum atomic E-state index is 12.4. The summed E-state index contributed by atoms with van der Waals surface area (Å²) in [5, 5.41) is 9.01. The number of carboxylic acid groups (broad SMARTS) is 1. The third-order valence-electron chi connectivity index (χ3n) is 4.42. The number of nitrogens with zero attached hydrogens (tertiary/aromatic N) is 2. The van der Waals surface area contributed by atoms with Crippen LogP contribution in [0.4, 0.5) is 0 Å². The third kappa shape index (κ3) is 4.53. The van der Waals surface area contributed by atoms with Gasteiger partial charge in [0.05, 0.1) is 18.1 Å². The number of aromatic carboxylic acids is 1. The summed E-state index contributed by atoms with van der Waals surface area (Å²) in [6.45, 7) is 1.53. The molecule has 1 aromatic carbocycles. The van der Waals surface area contributed by atoms with Gasteiger partial charge in [-0.05, 0) is 31.2 Å². The van der Waals surface area contributed by atoms with E-state index in [1.165, 1.54) is 6.07 Å². The zero-order valence-electron chi connectivity index (χ0n) is 13.9. The molecule has 0 bridgehead atoms. The van der Waals surface area contributed by atoms with Gasteiger partial charge < -0.3 is 14.7 Å². The Morgan fingerprint density at radius 3 is 2.78 bits per heavy atom. The van der Waals surface area contributed by atoms with Crippen LogP contribution in [0.2, 0.25) is 0 Å². The summed E-state index contributed by atoms with van der Waals surface area (Å²) in [7, 11) is 5.54. The number of hydrogen-bond donors (Lipinski definition) is 1. The predicted octanol–water partition coefficient (Wildman–Crippen LogP) is 1.10. The zero-order valence-corrected chi connectivity index (χ0v) is 13.9. The van der Waals surface area contributed by atoms with Crippen LogP contribution in [-0.2, 0) is 16.0 Å². The Labute approximate surface area is 136 Å². The van der Waals surface area contributed by atoms with Gasteiger partial charge in [-0.25, -0.2) is 4.79 Å². The molecule has 1 aliphatic rings. The van der Waals surface area contributed by atoms with Crippen molar-refractivity contribution in [1.82, 2.24) is 9.80 Å². The van der Waals surface area contributed by atoms with Gasteiger partial charge in [0.25, 0.3) is 0 Å². The monoisotopic (exact) mass is 320 g/mol. The van der Waals surface area contributed by atoms with Gasteiger partial charge in [0.15, 0.2) is 0 Å². The summed E-state index contributed by atoms with van der Waals surface area (Å²) in [6, 6.07) is 6.81. The number of carbonyl (C=O) groups excluding carboxylic acids is 1. The second-order valence-corrected chi connectivity index (χ2v) is 6.14. The summed E-state index contributed by atoms with van der Waals surface area (Å²) in [4.78, 5) is 27.3. The average molecular weight is 320 g/mol. The molecule has 2 rings (SSSR count). The standard InChI is InChI=1S/C17H24N2O4/c1-18-11-15(23-3)9-14(18)10-19(2)16(20)8-12-5-4-6-13(7-12)17(21)22/h4-7,14-15H,8-11H2,1-3H3,(H,21,22)/t14-,15-/m0/s1. The van der Waals surface area contributed by atoms with Gasteiger partial charge in [0.1, 0.15) is 0 Å². The molecule has 1 heterocycles. The van der Waals surface area contributed by atoms with Gasteiger partial charge in [-0.1, -0.05) is 12.1 Å². The Hall–Kier alpha value is -1.92. The lowest BCUT2D eigenvalue weighted by Gasteiger charge is -2.25. The van der Waals surface area contributed by atoms with Gasteiger partial charge in [-0.15, -0.1) is 0 Å². The molecular formula is C17H24N2O4. The highest BCUT2D eigenvalue weighted by Crippen LogP contribution is 2.19. The molecule has 0 aromatic heterocycles. The summed E-state index contributed by atoms with van der Waals surface area (Å²) < 4.78 is 5.38. The molecule has 1 amide bonds. The van der Waals surface area contributed by atoms with Crippen molar-refractivity contribution in [2.45, 2.75) is 25.0 Å². The minimum atomic E-state index is -0.981. The van der Waals surface area contributed by atoms with E-state index >= 15 is 0 Å². The second-order valence-electron chi connectivity index (χ2n) is 6.14. The second kappa shape index (κ2) is 7.57. The fourth-order valence-corrected chi connectivity index (χ4v) is 2.95. The van der Waals surface area contributed by atoms with Crippen LogP contribution >= 0.6 is 0 Å². The average Bonchev–Trinajstić information content (AvgIpc) is 2.87. The molecule has 6 heteroatoms. The number of rotatable bonds is 6. The number of methoxy groups -OCH3 is 1. The molecule has 0 spiro atoms. The quantitative estimate of drug-likeness (QED) is 0.850. The first-order chi connectivity index (χ1) is 10.9. The number of carboxylic acids is 1. The predicted molar refractivity (Wildman–Crippen MR) is 86.6 cm³/mol. The molecule has 0 unspecified atom stereocenters. The Balaban J connectivity index is 1.92. The van der Waals surface area contributed by atoms with Crippen LogP contribution < -0.4 is 0 Å². The number of benzene rings is 1. The summed E-state index contributed by atoms with van der Waals surface area (Å²) in [5.41, 5.74) is 0.924. The van der Waals surface area contributed by atoms with Gasteiger partial charge in [-0.3, -0.25) is 9.69 Å². The summed E-state index contributed by atoms with van der Waals surface area (Å²) >= 11 is 0. The van der Waals surface area contributed by atoms with Crippen LogP contribution in [0.3, 0.4) is 0 Å². The number of ether oxygens (including phenoxy) is 1. The lowest BCUT2D eigenvalue weighted by atomic mass is 10.1. The molecule has 1 N–H and O–H groups in total. The minimum Gasteiger partial charge on any atom is -0.478 e. The van der Waals surface area contributed by atoms with Crippen molar-refractivity contribution in [2.24, 2.45) is 0 Å². The van der Waals surface area contributed by atoms with Gasteiger partial charge in [0, 0.05) is 33.3 Å². The van der Waals surface area contributed by atoms with Crippen LogP contribution in [-0.4, -0.2) is 73.2 Å². The normalized spacial score (nSPS) is 21.3. The fraction of sp³-hybridized carbons (Fsp3) is 0.529. The number of amides is 1. The summed E-state index contributed by atoms with van der Waals surface area (Å²) in [5.74, 6) is -0.993. The Morgan fingerprint density at radius 2 is 2.17 bits per heavy atom. The first-order valence-corrected chi connectivity index (χ1v) is 7.70. The molecular weight excluding hydrogens is 296 g/mol. The van der Waals surface area contributed by atoms with E-state index < -0.39 is 5.97 Å². The van der Waals surface area contributed by atoms with Crippen molar-refractivity contribution in [2.75, 3.05) is 34.3 Å². The highest BCUT2D eigenvalue weighted by Gasteiger charge is 2.30.